The Morgan fingerprint density at radius 1 is 1.24 bits per heavy atom. The molecule has 1 saturated carbocycles. The number of unbranched alkanes of at least 4 members (excludes halogenated alkanes) is 1. The maximum absolute atomic E-state index is 14.8. The van der Waals surface area contributed by atoms with Gasteiger partial charge in [-0.25, -0.2) is 9.37 Å². The molecule has 2 atom stereocenters. The van der Waals surface area contributed by atoms with Crippen LogP contribution in [0.5, 0.6) is 0 Å². The van der Waals surface area contributed by atoms with Crippen molar-refractivity contribution < 1.29 is 19.0 Å². The lowest BCUT2D eigenvalue weighted by Crippen LogP contribution is -2.34. The topological polar surface area (TPSA) is 74.7 Å². The number of anilines is 1. The number of rotatable bonds is 10. The second-order valence-electron chi connectivity index (χ2n) is 9.83. The molecule has 2 aromatic rings. The SMILES string of the molecule is O=C(O)C(c1c(F)cccc1C1CC1)N1CC[C@@H](OCCCCc2ccc3c(n2)NCCC3)C1. The molecule has 3 heterocycles. The molecule has 2 fully saturated rings. The predicted octanol–water partition coefficient (Wildman–Crippen LogP) is 4.70. The number of hydrogen-bond acceptors (Lipinski definition) is 5. The lowest BCUT2D eigenvalue weighted by Gasteiger charge is -2.27. The monoisotopic (exact) mass is 467 g/mol. The molecule has 1 aromatic heterocycles. The van der Waals surface area contributed by atoms with Crippen LogP contribution in [0.2, 0.25) is 0 Å². The summed E-state index contributed by atoms with van der Waals surface area (Å²) in [6, 6.07) is 8.34. The first kappa shape index (κ1) is 23.2. The molecule has 0 spiro atoms. The Morgan fingerprint density at radius 3 is 2.94 bits per heavy atom. The molecule has 3 aliphatic rings. The van der Waals surface area contributed by atoms with E-state index in [4.69, 9.17) is 9.72 Å². The fourth-order valence-corrected chi connectivity index (χ4v) is 5.35. The highest BCUT2D eigenvalue weighted by Crippen LogP contribution is 2.45. The molecule has 1 aromatic carbocycles. The van der Waals surface area contributed by atoms with Crippen LogP contribution in [0.25, 0.3) is 0 Å². The van der Waals surface area contributed by atoms with E-state index < -0.39 is 17.8 Å². The van der Waals surface area contributed by atoms with Gasteiger partial charge < -0.3 is 15.2 Å². The summed E-state index contributed by atoms with van der Waals surface area (Å²) in [5.41, 5.74) is 3.64. The number of carboxylic acid groups (broad SMARTS) is 1. The van der Waals surface area contributed by atoms with Gasteiger partial charge in [0.05, 0.1) is 6.10 Å². The van der Waals surface area contributed by atoms with Crippen LogP contribution in [0.4, 0.5) is 10.2 Å². The van der Waals surface area contributed by atoms with Crippen LogP contribution in [-0.4, -0.2) is 53.3 Å². The number of aromatic nitrogens is 1. The van der Waals surface area contributed by atoms with Gasteiger partial charge in [-0.3, -0.25) is 9.69 Å². The first-order chi connectivity index (χ1) is 16.6. The van der Waals surface area contributed by atoms with E-state index in [0.717, 1.165) is 68.6 Å². The standard InChI is InChI=1S/C27H34FN3O3/c28-23-8-3-7-22(18-9-10-18)24(23)25(27(32)33)31-15-13-21(17-31)34-16-2-1-6-20-12-11-19-5-4-14-29-26(19)30-20/h3,7-8,11-12,18,21,25H,1-2,4-6,9-10,13-17H2,(H,29,30)(H,32,33)/t21-,25?/m1/s1. The molecule has 5 rings (SSSR count). The number of carboxylic acids is 1. The summed E-state index contributed by atoms with van der Waals surface area (Å²) in [6.45, 7) is 2.77. The summed E-state index contributed by atoms with van der Waals surface area (Å²) < 4.78 is 20.9. The third-order valence-corrected chi connectivity index (χ3v) is 7.29. The Balaban J connectivity index is 1.11. The van der Waals surface area contributed by atoms with Gasteiger partial charge in [-0.15, -0.1) is 0 Å². The number of hydrogen-bond donors (Lipinski definition) is 2. The number of likely N-dealkylation sites (tertiary alicyclic amines) is 1. The second-order valence-corrected chi connectivity index (χ2v) is 9.83. The molecule has 0 radical (unpaired) electrons. The Labute approximate surface area is 200 Å². The summed E-state index contributed by atoms with van der Waals surface area (Å²) >= 11 is 0. The average Bonchev–Trinajstić information content (AvgIpc) is 3.58. The molecular formula is C27H34FN3O3. The average molecular weight is 468 g/mol. The van der Waals surface area contributed by atoms with Gasteiger partial charge in [-0.05, 0) is 80.5 Å². The summed E-state index contributed by atoms with van der Waals surface area (Å²) in [5.74, 6) is -0.0619. The Morgan fingerprint density at radius 2 is 2.12 bits per heavy atom. The number of nitrogens with one attached hydrogen (secondary N) is 1. The van der Waals surface area contributed by atoms with Crippen molar-refractivity contribution in [2.45, 2.75) is 69.4 Å². The van der Waals surface area contributed by atoms with Crippen molar-refractivity contribution in [3.8, 4) is 0 Å². The van der Waals surface area contributed by atoms with E-state index in [1.165, 1.54) is 18.1 Å². The van der Waals surface area contributed by atoms with E-state index >= 15 is 0 Å². The molecule has 1 unspecified atom stereocenters. The molecular weight excluding hydrogens is 433 g/mol. The molecule has 0 amide bonds. The Bertz CT molecular complexity index is 1030. The highest BCUT2D eigenvalue weighted by Gasteiger charge is 2.39. The van der Waals surface area contributed by atoms with Crippen molar-refractivity contribution in [3.63, 3.8) is 0 Å². The van der Waals surface area contributed by atoms with Crippen LogP contribution in [0.3, 0.4) is 0 Å². The fourth-order valence-electron chi connectivity index (χ4n) is 5.35. The smallest absolute Gasteiger partial charge is 0.325 e. The zero-order valence-electron chi connectivity index (χ0n) is 19.6. The zero-order chi connectivity index (χ0) is 23.5. The minimum Gasteiger partial charge on any atom is -0.480 e. The van der Waals surface area contributed by atoms with Gasteiger partial charge in [0.2, 0.25) is 0 Å². The van der Waals surface area contributed by atoms with Crippen LogP contribution in [0, 0.1) is 5.82 Å². The fraction of sp³-hybridized carbons (Fsp3) is 0.556. The number of carbonyl (C=O) groups is 1. The van der Waals surface area contributed by atoms with Gasteiger partial charge in [-0.1, -0.05) is 18.2 Å². The van der Waals surface area contributed by atoms with Gasteiger partial charge >= 0.3 is 5.97 Å². The lowest BCUT2D eigenvalue weighted by atomic mass is 9.95. The van der Waals surface area contributed by atoms with Crippen molar-refractivity contribution in [1.29, 1.82) is 0 Å². The van der Waals surface area contributed by atoms with Gasteiger partial charge in [-0.2, -0.15) is 0 Å². The highest BCUT2D eigenvalue weighted by atomic mass is 19.1. The second kappa shape index (κ2) is 10.4. The molecule has 1 saturated heterocycles. The number of fused-ring (bicyclic) bond motifs is 1. The normalized spacial score (nSPS) is 21.1. The highest BCUT2D eigenvalue weighted by molar-refractivity contribution is 5.76. The van der Waals surface area contributed by atoms with Crippen molar-refractivity contribution in [2.24, 2.45) is 0 Å². The van der Waals surface area contributed by atoms with Gasteiger partial charge in [0, 0.05) is 37.5 Å². The molecule has 1 aliphatic carbocycles. The van der Waals surface area contributed by atoms with E-state index in [-0.39, 0.29) is 6.10 Å². The van der Waals surface area contributed by atoms with E-state index in [2.05, 4.69) is 17.4 Å². The maximum Gasteiger partial charge on any atom is 0.325 e. The van der Waals surface area contributed by atoms with Crippen LogP contribution >= 0.6 is 0 Å². The molecule has 2 N–H and O–H groups in total. The predicted molar refractivity (Wildman–Crippen MR) is 129 cm³/mol. The van der Waals surface area contributed by atoms with Crippen LogP contribution in [-0.2, 0) is 22.4 Å². The molecule has 34 heavy (non-hydrogen) atoms. The first-order valence-corrected chi connectivity index (χ1v) is 12.7. The van der Waals surface area contributed by atoms with Crippen molar-refractivity contribution in [3.05, 3.63) is 58.5 Å². The van der Waals surface area contributed by atoms with Gasteiger partial charge in [0.15, 0.2) is 0 Å². The maximum atomic E-state index is 14.8. The molecule has 182 valence electrons. The summed E-state index contributed by atoms with van der Waals surface area (Å²) in [4.78, 5) is 18.8. The lowest BCUT2D eigenvalue weighted by molar-refractivity contribution is -0.143. The van der Waals surface area contributed by atoms with Gasteiger partial charge in [0.1, 0.15) is 17.7 Å². The van der Waals surface area contributed by atoms with Gasteiger partial charge in [0.25, 0.3) is 0 Å². The quantitative estimate of drug-likeness (QED) is 0.494. The van der Waals surface area contributed by atoms with Crippen molar-refractivity contribution >= 4 is 11.8 Å². The number of ether oxygens (including phenoxy) is 1. The third kappa shape index (κ3) is 5.26. The minimum atomic E-state index is -0.986. The van der Waals surface area contributed by atoms with E-state index in [1.54, 1.807) is 6.07 Å². The molecule has 6 nitrogen and oxygen atoms in total. The van der Waals surface area contributed by atoms with Crippen molar-refractivity contribution in [2.75, 3.05) is 31.6 Å². The largest absolute Gasteiger partial charge is 0.480 e. The molecule has 7 heteroatoms. The van der Waals surface area contributed by atoms with Crippen LogP contribution in [0.15, 0.2) is 30.3 Å². The number of pyridine rings is 1. The Hall–Kier alpha value is -2.51. The summed E-state index contributed by atoms with van der Waals surface area (Å²) in [6.07, 6.45) is 7.90. The molecule has 0 bridgehead atoms. The minimum absolute atomic E-state index is 0.0101. The zero-order valence-corrected chi connectivity index (χ0v) is 19.6. The third-order valence-electron chi connectivity index (χ3n) is 7.29. The summed E-state index contributed by atoms with van der Waals surface area (Å²) in [5, 5.41) is 13.4. The number of benzene rings is 1. The Kier molecular flexibility index (Phi) is 7.11. The summed E-state index contributed by atoms with van der Waals surface area (Å²) in [7, 11) is 0. The number of halogens is 1. The molecule has 2 aliphatic heterocycles. The van der Waals surface area contributed by atoms with E-state index in [1.807, 2.05) is 11.0 Å². The van der Waals surface area contributed by atoms with Crippen molar-refractivity contribution in [1.82, 2.24) is 9.88 Å². The first-order valence-electron chi connectivity index (χ1n) is 12.7. The number of aliphatic carboxylic acids is 1. The van der Waals surface area contributed by atoms with Crippen LogP contribution in [0.1, 0.15) is 72.9 Å². The number of nitrogens with zero attached hydrogens (tertiary/aromatic N) is 2. The van der Waals surface area contributed by atoms with E-state index in [0.29, 0.717) is 31.2 Å². The van der Waals surface area contributed by atoms with Crippen LogP contribution < -0.4 is 5.32 Å². The van der Waals surface area contributed by atoms with E-state index in [9.17, 15) is 14.3 Å². The number of aryl methyl sites for hydroxylation is 2.